The van der Waals surface area contributed by atoms with Gasteiger partial charge in [-0.3, -0.25) is 0 Å². The zero-order chi connectivity index (χ0) is 12.5. The van der Waals surface area contributed by atoms with Gasteiger partial charge in [-0.2, -0.15) is 0 Å². The maximum absolute atomic E-state index is 8.69. The van der Waals surface area contributed by atoms with Crippen molar-refractivity contribution < 1.29 is 9.84 Å². The molecule has 1 aromatic carbocycles. The van der Waals surface area contributed by atoms with Crippen molar-refractivity contribution in [1.29, 1.82) is 0 Å². The quantitative estimate of drug-likeness (QED) is 0.726. The molecule has 1 aromatic rings. The number of benzene rings is 1. The van der Waals surface area contributed by atoms with Crippen molar-refractivity contribution in [1.82, 2.24) is 5.32 Å². The maximum Gasteiger partial charge on any atom is 0.119 e. The topological polar surface area (TPSA) is 41.5 Å². The molecule has 0 unspecified atom stereocenters. The van der Waals surface area contributed by atoms with E-state index in [2.05, 4.69) is 28.2 Å². The highest BCUT2D eigenvalue weighted by atomic mass is 79.9. The Morgan fingerprint density at radius 2 is 2.24 bits per heavy atom. The van der Waals surface area contributed by atoms with Gasteiger partial charge in [-0.05, 0) is 36.7 Å². The Balaban J connectivity index is 2.53. The first-order valence-corrected chi connectivity index (χ1v) is 6.80. The van der Waals surface area contributed by atoms with Crippen LogP contribution >= 0.6 is 15.9 Å². The fourth-order valence-corrected chi connectivity index (χ4v) is 1.82. The fourth-order valence-electron chi connectivity index (χ4n) is 1.43. The highest BCUT2D eigenvalue weighted by molar-refractivity contribution is 9.10. The lowest BCUT2D eigenvalue weighted by molar-refractivity contribution is 0.233. The van der Waals surface area contributed by atoms with Crippen molar-refractivity contribution in [3.8, 4) is 5.75 Å². The van der Waals surface area contributed by atoms with E-state index in [0.717, 1.165) is 29.7 Å². The Morgan fingerprint density at radius 3 is 2.94 bits per heavy atom. The van der Waals surface area contributed by atoms with Crippen LogP contribution in [0.4, 0.5) is 0 Å². The van der Waals surface area contributed by atoms with Crippen LogP contribution in [0.1, 0.15) is 25.3 Å². The van der Waals surface area contributed by atoms with Crippen LogP contribution < -0.4 is 10.1 Å². The third kappa shape index (κ3) is 5.52. The molecule has 2 N–H and O–H groups in total. The molecule has 0 saturated carbocycles. The SMILES string of the molecule is CCCNCc1cc(OCCCO)ccc1Br. The summed E-state index contributed by atoms with van der Waals surface area (Å²) >= 11 is 3.53. The number of aliphatic hydroxyl groups is 1. The molecule has 4 heteroatoms. The average Bonchev–Trinajstić information content (AvgIpc) is 2.33. The third-order valence-corrected chi connectivity index (χ3v) is 3.10. The van der Waals surface area contributed by atoms with E-state index >= 15 is 0 Å². The van der Waals surface area contributed by atoms with Gasteiger partial charge in [0.05, 0.1) is 6.61 Å². The van der Waals surface area contributed by atoms with E-state index in [1.54, 1.807) is 0 Å². The molecule has 0 atom stereocenters. The summed E-state index contributed by atoms with van der Waals surface area (Å²) in [6.07, 6.45) is 1.80. The molecule has 0 aliphatic rings. The van der Waals surface area contributed by atoms with Crippen molar-refractivity contribution in [2.75, 3.05) is 19.8 Å². The fraction of sp³-hybridized carbons (Fsp3) is 0.538. The minimum absolute atomic E-state index is 0.168. The van der Waals surface area contributed by atoms with Crippen molar-refractivity contribution in [3.63, 3.8) is 0 Å². The summed E-state index contributed by atoms with van der Waals surface area (Å²) in [6, 6.07) is 5.96. The molecule has 0 saturated heterocycles. The van der Waals surface area contributed by atoms with Gasteiger partial charge in [-0.1, -0.05) is 22.9 Å². The summed E-state index contributed by atoms with van der Waals surface area (Å²) < 4.78 is 6.63. The van der Waals surface area contributed by atoms with Crippen LogP contribution in [-0.4, -0.2) is 24.9 Å². The Bertz CT molecular complexity index is 331. The largest absolute Gasteiger partial charge is 0.493 e. The first kappa shape index (κ1) is 14.5. The molecule has 0 bridgehead atoms. The molecular formula is C13H20BrNO2. The number of hydrogen-bond acceptors (Lipinski definition) is 3. The lowest BCUT2D eigenvalue weighted by Gasteiger charge is -2.10. The van der Waals surface area contributed by atoms with Gasteiger partial charge in [-0.15, -0.1) is 0 Å². The third-order valence-electron chi connectivity index (χ3n) is 2.33. The smallest absolute Gasteiger partial charge is 0.119 e. The maximum atomic E-state index is 8.69. The van der Waals surface area contributed by atoms with Crippen LogP contribution in [0.3, 0.4) is 0 Å². The number of aliphatic hydroxyl groups excluding tert-OH is 1. The van der Waals surface area contributed by atoms with Gasteiger partial charge >= 0.3 is 0 Å². The van der Waals surface area contributed by atoms with Gasteiger partial charge in [0.25, 0.3) is 0 Å². The van der Waals surface area contributed by atoms with Crippen LogP contribution in [0.2, 0.25) is 0 Å². The van der Waals surface area contributed by atoms with E-state index < -0.39 is 0 Å². The Labute approximate surface area is 111 Å². The second kappa shape index (κ2) is 8.50. The second-order valence-electron chi connectivity index (χ2n) is 3.86. The van der Waals surface area contributed by atoms with Gasteiger partial charge in [0.1, 0.15) is 5.75 Å². The molecule has 0 heterocycles. The van der Waals surface area contributed by atoms with Gasteiger partial charge in [0.15, 0.2) is 0 Å². The van der Waals surface area contributed by atoms with E-state index in [1.165, 1.54) is 5.56 Å². The summed E-state index contributed by atoms with van der Waals surface area (Å²) in [6.45, 7) is 4.73. The molecule has 0 aliphatic heterocycles. The van der Waals surface area contributed by atoms with E-state index in [9.17, 15) is 0 Å². The van der Waals surface area contributed by atoms with E-state index in [1.807, 2.05) is 18.2 Å². The van der Waals surface area contributed by atoms with Gasteiger partial charge < -0.3 is 15.2 Å². The molecule has 0 amide bonds. The van der Waals surface area contributed by atoms with E-state index in [0.29, 0.717) is 13.0 Å². The number of halogens is 1. The van der Waals surface area contributed by atoms with Gasteiger partial charge in [-0.25, -0.2) is 0 Å². The predicted molar refractivity (Wildman–Crippen MR) is 73.3 cm³/mol. The number of rotatable bonds is 8. The van der Waals surface area contributed by atoms with Crippen LogP contribution in [-0.2, 0) is 6.54 Å². The zero-order valence-corrected chi connectivity index (χ0v) is 11.8. The molecule has 0 spiro atoms. The van der Waals surface area contributed by atoms with Crippen LogP contribution in [0, 0.1) is 0 Å². The van der Waals surface area contributed by atoms with Crippen molar-refractivity contribution in [2.45, 2.75) is 26.3 Å². The summed E-state index contributed by atoms with van der Waals surface area (Å²) in [5.41, 5.74) is 1.19. The van der Waals surface area contributed by atoms with Gasteiger partial charge in [0, 0.05) is 24.0 Å². The summed E-state index contributed by atoms with van der Waals surface area (Å²) in [4.78, 5) is 0. The lowest BCUT2D eigenvalue weighted by atomic mass is 10.2. The van der Waals surface area contributed by atoms with Crippen molar-refractivity contribution in [2.24, 2.45) is 0 Å². The first-order chi connectivity index (χ1) is 8.27. The standard InChI is InChI=1S/C13H20BrNO2/c1-2-6-15-10-11-9-12(4-5-13(11)14)17-8-3-7-16/h4-5,9,15-16H,2-3,6-8,10H2,1H3. The van der Waals surface area contributed by atoms with Crippen LogP contribution in [0.25, 0.3) is 0 Å². The molecule has 3 nitrogen and oxygen atoms in total. The summed E-state index contributed by atoms with van der Waals surface area (Å²) in [5, 5.41) is 12.0. The lowest BCUT2D eigenvalue weighted by Crippen LogP contribution is -2.14. The molecule has 0 aromatic heterocycles. The highest BCUT2D eigenvalue weighted by Crippen LogP contribution is 2.22. The number of ether oxygens (including phenoxy) is 1. The Morgan fingerprint density at radius 1 is 1.41 bits per heavy atom. The first-order valence-electron chi connectivity index (χ1n) is 6.00. The van der Waals surface area contributed by atoms with Crippen molar-refractivity contribution in [3.05, 3.63) is 28.2 Å². The molecule has 96 valence electrons. The van der Waals surface area contributed by atoms with Crippen LogP contribution in [0.5, 0.6) is 5.75 Å². The summed E-state index contributed by atoms with van der Waals surface area (Å²) in [5.74, 6) is 0.856. The number of hydrogen-bond donors (Lipinski definition) is 2. The molecule has 17 heavy (non-hydrogen) atoms. The molecule has 1 rings (SSSR count). The Hall–Kier alpha value is -0.580. The van der Waals surface area contributed by atoms with Crippen molar-refractivity contribution >= 4 is 15.9 Å². The molecule has 0 aliphatic carbocycles. The molecule has 0 fully saturated rings. The minimum Gasteiger partial charge on any atom is -0.493 e. The second-order valence-corrected chi connectivity index (χ2v) is 4.71. The van der Waals surface area contributed by atoms with E-state index in [-0.39, 0.29) is 6.61 Å². The molecular weight excluding hydrogens is 282 g/mol. The van der Waals surface area contributed by atoms with E-state index in [4.69, 9.17) is 9.84 Å². The Kier molecular flexibility index (Phi) is 7.24. The normalized spacial score (nSPS) is 10.5. The monoisotopic (exact) mass is 301 g/mol. The average molecular weight is 302 g/mol. The minimum atomic E-state index is 0.168. The van der Waals surface area contributed by atoms with Gasteiger partial charge in [0.2, 0.25) is 0 Å². The number of nitrogens with one attached hydrogen (secondary N) is 1. The predicted octanol–water partition coefficient (Wildman–Crippen LogP) is 2.71. The molecule has 0 radical (unpaired) electrons. The highest BCUT2D eigenvalue weighted by Gasteiger charge is 2.02. The van der Waals surface area contributed by atoms with Crippen LogP contribution in [0.15, 0.2) is 22.7 Å². The summed E-state index contributed by atoms with van der Waals surface area (Å²) in [7, 11) is 0. The zero-order valence-electron chi connectivity index (χ0n) is 10.2.